The van der Waals surface area contributed by atoms with Gasteiger partial charge in [0.15, 0.2) is 0 Å². The molecular formula is C38H46GeNS+. The molecule has 0 N–H and O–H groups in total. The molecule has 212 valence electrons. The molecule has 0 fully saturated rings. The molecule has 1 aliphatic heterocycles. The third kappa shape index (κ3) is 5.03. The van der Waals surface area contributed by atoms with Crippen molar-refractivity contribution in [1.29, 1.82) is 0 Å². The third-order valence-corrected chi connectivity index (χ3v) is 14.1. The van der Waals surface area contributed by atoms with Crippen molar-refractivity contribution >= 4 is 61.7 Å². The molecule has 2 heterocycles. The van der Waals surface area contributed by atoms with Gasteiger partial charge in [-0.3, -0.25) is 0 Å². The Morgan fingerprint density at radius 2 is 1.46 bits per heavy atom. The number of nitrogens with zero attached hydrogens (tertiary/aromatic N) is 1. The molecule has 0 spiro atoms. The summed E-state index contributed by atoms with van der Waals surface area (Å²) in [6.45, 7) is 16.6. The van der Waals surface area contributed by atoms with Gasteiger partial charge in [-0.15, -0.1) is 0 Å². The van der Waals surface area contributed by atoms with E-state index in [0.717, 1.165) is 12.8 Å². The van der Waals surface area contributed by atoms with Crippen molar-refractivity contribution < 1.29 is 4.57 Å². The molecule has 1 aromatic heterocycles. The van der Waals surface area contributed by atoms with E-state index in [2.05, 4.69) is 132 Å². The van der Waals surface area contributed by atoms with Crippen molar-refractivity contribution in [2.45, 2.75) is 88.4 Å². The molecule has 6 rings (SSSR count). The number of aromatic nitrogens is 1. The molecule has 3 heteroatoms. The van der Waals surface area contributed by atoms with E-state index in [1.807, 2.05) is 11.8 Å². The van der Waals surface area contributed by atoms with E-state index < -0.39 is 13.3 Å². The van der Waals surface area contributed by atoms with Gasteiger partial charge >= 0.3 is 229 Å². The number of fused-ring (bicyclic) bond motifs is 5. The Bertz CT molecular complexity index is 1880. The first-order chi connectivity index (χ1) is 19.0. The maximum absolute atomic E-state index is 2.55. The fourth-order valence-electron chi connectivity index (χ4n) is 7.00. The van der Waals surface area contributed by atoms with Crippen molar-refractivity contribution in [3.05, 3.63) is 71.4 Å². The fraction of sp³-hybridized carbons (Fsp3) is 0.395. The Hall–Kier alpha value is -2.30. The monoisotopic (exact) mass is 622 g/mol. The standard InChI is InChI=1S/C38H46GeNS/c1-23-28-19-24(21-37(2,3)4)15-16-26(28)30(22-38(5,6)7)36-33(23)35-34-27(17-18-40(35)11)25-13-12-14-31(39(8,9)10)29(25)20-32(34)41-36/h12-20H,21-22H2,1-11H3/q+1. The summed E-state index contributed by atoms with van der Waals surface area (Å²) in [7, 11) is 2.24. The van der Waals surface area contributed by atoms with Gasteiger partial charge in [-0.05, 0) is 5.41 Å². The molecule has 5 aromatic rings. The van der Waals surface area contributed by atoms with E-state index >= 15 is 0 Å². The second-order valence-electron chi connectivity index (χ2n) is 15.9. The summed E-state index contributed by atoms with van der Waals surface area (Å²) in [5.41, 5.74) is 7.64. The molecule has 1 aliphatic rings. The van der Waals surface area contributed by atoms with Gasteiger partial charge in [-0.2, -0.15) is 0 Å². The Labute approximate surface area is 254 Å². The van der Waals surface area contributed by atoms with Crippen molar-refractivity contribution in [2.75, 3.05) is 0 Å². The quantitative estimate of drug-likeness (QED) is 0.108. The van der Waals surface area contributed by atoms with Gasteiger partial charge in [0.1, 0.15) is 0 Å². The first-order valence-electron chi connectivity index (χ1n) is 15.2. The summed E-state index contributed by atoms with van der Waals surface area (Å²) in [6.07, 6.45) is 4.44. The van der Waals surface area contributed by atoms with Crippen LogP contribution in [0.3, 0.4) is 0 Å². The zero-order chi connectivity index (χ0) is 29.6. The van der Waals surface area contributed by atoms with E-state index in [4.69, 9.17) is 0 Å². The Balaban J connectivity index is 1.76. The molecule has 41 heavy (non-hydrogen) atoms. The SMILES string of the molecule is Cc1c2c(c(CC(C)(C)C)c3ccc(CC(C)(C)C)cc13)Sc1cc3[c]([Ge]([CH3])([CH3])[CH3])cccc3c3cc[n+](C)c-2c13. The van der Waals surface area contributed by atoms with Crippen LogP contribution < -0.4 is 8.96 Å². The van der Waals surface area contributed by atoms with Crippen molar-refractivity contribution in [3.63, 3.8) is 0 Å². The minimum absolute atomic E-state index is 0.186. The number of hydrogen-bond acceptors (Lipinski definition) is 1. The van der Waals surface area contributed by atoms with Gasteiger partial charge in [0.05, 0.1) is 0 Å². The van der Waals surface area contributed by atoms with Crippen LogP contribution in [0.25, 0.3) is 43.6 Å². The van der Waals surface area contributed by atoms with E-state index in [0.29, 0.717) is 0 Å². The van der Waals surface area contributed by atoms with Crippen molar-refractivity contribution in [1.82, 2.24) is 0 Å². The molecule has 0 unspecified atom stereocenters. The average Bonchev–Trinajstić information content (AvgIpc) is 2.85. The van der Waals surface area contributed by atoms with Crippen LogP contribution in [0.4, 0.5) is 0 Å². The Kier molecular flexibility index (Phi) is 6.75. The first kappa shape index (κ1) is 28.8. The predicted molar refractivity (Wildman–Crippen MR) is 184 cm³/mol. The number of aryl methyl sites for hydroxylation is 2. The third-order valence-electron chi connectivity index (χ3n) is 8.63. The van der Waals surface area contributed by atoms with Crippen LogP contribution in [0.2, 0.25) is 17.3 Å². The van der Waals surface area contributed by atoms with E-state index in [9.17, 15) is 0 Å². The zero-order valence-electron chi connectivity index (χ0n) is 27.0. The molecule has 0 amide bonds. The van der Waals surface area contributed by atoms with Crippen LogP contribution in [-0.2, 0) is 19.9 Å². The van der Waals surface area contributed by atoms with Crippen LogP contribution in [-0.4, -0.2) is 13.3 Å². The molecule has 1 nitrogen and oxygen atoms in total. The minimum atomic E-state index is -2.08. The van der Waals surface area contributed by atoms with Gasteiger partial charge in [-0.25, -0.2) is 0 Å². The van der Waals surface area contributed by atoms with Crippen molar-refractivity contribution in [2.24, 2.45) is 17.9 Å². The van der Waals surface area contributed by atoms with Gasteiger partial charge in [-0.1, -0.05) is 20.8 Å². The molecule has 0 bridgehead atoms. The summed E-state index contributed by atoms with van der Waals surface area (Å²) in [4.78, 5) is 2.89. The average molecular weight is 621 g/mol. The summed E-state index contributed by atoms with van der Waals surface area (Å²) in [5, 5.41) is 8.57. The van der Waals surface area contributed by atoms with Crippen LogP contribution in [0, 0.1) is 17.8 Å². The summed E-state index contributed by atoms with van der Waals surface area (Å²) in [6, 6.07) is 19.3. The number of rotatable bonds is 3. The first-order valence-corrected chi connectivity index (χ1v) is 23.3. The van der Waals surface area contributed by atoms with E-state index in [1.165, 1.54) is 70.1 Å². The molecule has 4 aromatic carbocycles. The van der Waals surface area contributed by atoms with Crippen LogP contribution in [0.5, 0.6) is 0 Å². The number of benzene rings is 4. The zero-order valence-corrected chi connectivity index (χ0v) is 29.9. The number of hydrogen-bond donors (Lipinski definition) is 0. The van der Waals surface area contributed by atoms with E-state index in [1.54, 1.807) is 4.40 Å². The van der Waals surface area contributed by atoms with Gasteiger partial charge < -0.3 is 0 Å². The van der Waals surface area contributed by atoms with Crippen LogP contribution >= 0.6 is 11.8 Å². The second kappa shape index (κ2) is 9.61. The van der Waals surface area contributed by atoms with Gasteiger partial charge in [0.2, 0.25) is 0 Å². The molecule has 0 saturated heterocycles. The topological polar surface area (TPSA) is 3.88 Å². The molecule has 0 radical (unpaired) electrons. The molecule has 0 atom stereocenters. The van der Waals surface area contributed by atoms with Gasteiger partial charge in [0, 0.05) is 0 Å². The summed E-state index contributed by atoms with van der Waals surface area (Å²) >= 11 is -0.0488. The molecule has 0 aliphatic carbocycles. The Morgan fingerprint density at radius 1 is 0.756 bits per heavy atom. The van der Waals surface area contributed by atoms with Gasteiger partial charge in [0.25, 0.3) is 0 Å². The molecular weight excluding hydrogens is 575 g/mol. The van der Waals surface area contributed by atoms with Crippen LogP contribution in [0.1, 0.15) is 58.2 Å². The summed E-state index contributed by atoms with van der Waals surface area (Å²) in [5.74, 6) is 7.57. The molecule has 0 saturated carbocycles. The Morgan fingerprint density at radius 3 is 2.12 bits per heavy atom. The van der Waals surface area contributed by atoms with Crippen molar-refractivity contribution in [3.8, 4) is 11.3 Å². The number of pyridine rings is 1. The normalized spacial score (nSPS) is 13.8. The fourth-order valence-corrected chi connectivity index (χ4v) is 11.7. The second-order valence-corrected chi connectivity index (χ2v) is 27.5. The van der Waals surface area contributed by atoms with E-state index in [-0.39, 0.29) is 10.8 Å². The summed E-state index contributed by atoms with van der Waals surface area (Å²) < 4.78 is 4.00. The predicted octanol–water partition coefficient (Wildman–Crippen LogP) is 10.1. The van der Waals surface area contributed by atoms with Crippen LogP contribution in [0.15, 0.2) is 64.5 Å². The maximum atomic E-state index is 2.55.